The molecule has 0 saturated carbocycles. The summed E-state index contributed by atoms with van der Waals surface area (Å²) in [5.41, 5.74) is 9.03. The molecule has 1 aromatic rings. The van der Waals surface area contributed by atoms with Crippen LogP contribution in [-0.4, -0.2) is 16.9 Å². The molecule has 0 spiro atoms. The number of hydrogen-bond donors (Lipinski definition) is 3. The van der Waals surface area contributed by atoms with Crippen LogP contribution in [0.1, 0.15) is 24.2 Å². The minimum Gasteiger partial charge on any atom is -0.399 e. The number of ketones is 1. The Bertz CT molecular complexity index is 545. The van der Waals surface area contributed by atoms with E-state index in [4.69, 9.17) is 10.9 Å². The summed E-state index contributed by atoms with van der Waals surface area (Å²) in [6, 6.07) is 6.74. The third-order valence-electron chi connectivity index (χ3n) is 2.73. The zero-order valence-electron chi connectivity index (χ0n) is 11.5. The van der Waals surface area contributed by atoms with Crippen molar-refractivity contribution in [3.8, 4) is 0 Å². The van der Waals surface area contributed by atoms with Crippen molar-refractivity contribution in [3.63, 3.8) is 0 Å². The van der Waals surface area contributed by atoms with Crippen molar-refractivity contribution in [1.29, 1.82) is 0 Å². The van der Waals surface area contributed by atoms with Crippen molar-refractivity contribution in [2.75, 3.05) is 5.73 Å². The summed E-state index contributed by atoms with van der Waals surface area (Å²) in [7, 11) is 0. The number of hydrogen-bond acceptors (Lipinski definition) is 4. The second kappa shape index (κ2) is 7.25. The Morgan fingerprint density at radius 1 is 1.25 bits per heavy atom. The Kier molecular flexibility index (Phi) is 5.68. The smallest absolute Gasteiger partial charge is 0.267 e. The molecule has 1 amide bonds. The third kappa shape index (κ3) is 4.70. The lowest BCUT2D eigenvalue weighted by Gasteiger charge is -2.07. The van der Waals surface area contributed by atoms with Crippen LogP contribution in [0.3, 0.4) is 0 Å². The number of anilines is 1. The summed E-state index contributed by atoms with van der Waals surface area (Å²) in [6.07, 6.45) is 4.46. The SMILES string of the molecule is CC(/C=C/C(=O)NO)=C\[C@H](C)C(=O)c1ccc(N)cc1. The number of hydroxylamine groups is 1. The first-order valence-electron chi connectivity index (χ1n) is 6.14. The highest BCUT2D eigenvalue weighted by Crippen LogP contribution is 2.14. The molecule has 0 aliphatic rings. The van der Waals surface area contributed by atoms with E-state index in [0.29, 0.717) is 11.3 Å². The second-order valence-corrected chi connectivity index (χ2v) is 4.50. The molecule has 5 heteroatoms. The van der Waals surface area contributed by atoms with Crippen LogP contribution in [0, 0.1) is 5.92 Å². The van der Waals surface area contributed by atoms with E-state index in [1.165, 1.54) is 17.6 Å². The molecule has 106 valence electrons. The highest BCUT2D eigenvalue weighted by Gasteiger charge is 2.12. The Labute approximate surface area is 117 Å². The molecule has 0 unspecified atom stereocenters. The lowest BCUT2D eigenvalue weighted by Crippen LogP contribution is -2.15. The first-order chi connectivity index (χ1) is 9.43. The van der Waals surface area contributed by atoms with Gasteiger partial charge in [0.05, 0.1) is 0 Å². The van der Waals surface area contributed by atoms with E-state index >= 15 is 0 Å². The van der Waals surface area contributed by atoms with Gasteiger partial charge < -0.3 is 5.73 Å². The standard InChI is InChI=1S/C15H18N2O3/c1-10(3-8-14(18)17-20)9-11(2)15(19)12-4-6-13(16)7-5-12/h3-9,11,20H,16H2,1-2H3,(H,17,18)/b8-3+,10-9+/t11-/m0/s1. The summed E-state index contributed by atoms with van der Waals surface area (Å²) in [5.74, 6) is -0.958. The fraction of sp³-hybridized carbons (Fsp3) is 0.200. The molecule has 0 aromatic heterocycles. The lowest BCUT2D eigenvalue weighted by molar-refractivity contribution is -0.124. The number of nitrogens with one attached hydrogen (secondary N) is 1. The molecule has 0 aliphatic heterocycles. The normalized spacial score (nSPS) is 13.2. The molecule has 5 nitrogen and oxygen atoms in total. The van der Waals surface area contributed by atoms with E-state index in [2.05, 4.69) is 0 Å². The minimum absolute atomic E-state index is 0.0237. The number of allylic oxidation sites excluding steroid dienone is 3. The summed E-state index contributed by atoms with van der Waals surface area (Å²) in [5, 5.41) is 8.35. The van der Waals surface area contributed by atoms with Crippen LogP contribution in [-0.2, 0) is 4.79 Å². The number of rotatable bonds is 5. The molecule has 1 aromatic carbocycles. The largest absolute Gasteiger partial charge is 0.399 e. The Morgan fingerprint density at radius 3 is 2.40 bits per heavy atom. The number of benzene rings is 1. The van der Waals surface area contributed by atoms with Crippen LogP contribution in [0.25, 0.3) is 0 Å². The molecule has 0 radical (unpaired) electrons. The fourth-order valence-electron chi connectivity index (χ4n) is 1.68. The molecule has 0 heterocycles. The van der Waals surface area contributed by atoms with Gasteiger partial charge in [0.15, 0.2) is 5.78 Å². The molecule has 20 heavy (non-hydrogen) atoms. The molecule has 4 N–H and O–H groups in total. The van der Waals surface area contributed by atoms with Crippen LogP contribution in [0.15, 0.2) is 48.1 Å². The molecule has 0 bridgehead atoms. The Hall–Kier alpha value is -2.40. The van der Waals surface area contributed by atoms with Gasteiger partial charge in [-0.05, 0) is 31.2 Å². The summed E-state index contributed by atoms with van der Waals surface area (Å²) >= 11 is 0. The molecule has 0 fully saturated rings. The first kappa shape index (κ1) is 15.7. The molecule has 1 rings (SSSR count). The average molecular weight is 274 g/mol. The zero-order chi connectivity index (χ0) is 15.1. The molecule has 0 saturated heterocycles. The molecule has 1 atom stereocenters. The maximum atomic E-state index is 12.2. The van der Waals surface area contributed by atoms with Gasteiger partial charge in [0.2, 0.25) is 0 Å². The highest BCUT2D eigenvalue weighted by atomic mass is 16.5. The van der Waals surface area contributed by atoms with E-state index in [9.17, 15) is 9.59 Å². The topological polar surface area (TPSA) is 92.4 Å². The predicted molar refractivity (Wildman–Crippen MR) is 77.2 cm³/mol. The van der Waals surface area contributed by atoms with Crippen LogP contribution in [0.2, 0.25) is 0 Å². The highest BCUT2D eigenvalue weighted by molar-refractivity contribution is 5.99. The van der Waals surface area contributed by atoms with Gasteiger partial charge in [0.25, 0.3) is 5.91 Å². The van der Waals surface area contributed by atoms with E-state index < -0.39 is 5.91 Å². The third-order valence-corrected chi connectivity index (χ3v) is 2.73. The summed E-state index contributed by atoms with van der Waals surface area (Å²) < 4.78 is 0. The van der Waals surface area contributed by atoms with Gasteiger partial charge in [-0.15, -0.1) is 0 Å². The zero-order valence-corrected chi connectivity index (χ0v) is 11.5. The number of carbonyl (C=O) groups excluding carboxylic acids is 2. The van der Waals surface area contributed by atoms with Gasteiger partial charge in [0, 0.05) is 23.2 Å². The van der Waals surface area contributed by atoms with Gasteiger partial charge in [-0.3, -0.25) is 14.8 Å². The van der Waals surface area contributed by atoms with Gasteiger partial charge in [-0.1, -0.05) is 24.6 Å². The number of carbonyl (C=O) groups is 2. The number of nitrogens with two attached hydrogens (primary N) is 1. The van der Waals surface area contributed by atoms with Crippen molar-refractivity contribution >= 4 is 17.4 Å². The number of amides is 1. The van der Waals surface area contributed by atoms with Crippen molar-refractivity contribution in [2.24, 2.45) is 5.92 Å². The number of nitrogen functional groups attached to an aromatic ring is 1. The monoisotopic (exact) mass is 274 g/mol. The fourth-order valence-corrected chi connectivity index (χ4v) is 1.68. The van der Waals surface area contributed by atoms with Crippen LogP contribution < -0.4 is 11.2 Å². The van der Waals surface area contributed by atoms with Crippen LogP contribution in [0.5, 0.6) is 0 Å². The van der Waals surface area contributed by atoms with Crippen molar-refractivity contribution in [3.05, 3.63) is 53.6 Å². The molecule has 0 aliphatic carbocycles. The van der Waals surface area contributed by atoms with E-state index in [0.717, 1.165) is 5.57 Å². The van der Waals surface area contributed by atoms with Crippen molar-refractivity contribution in [2.45, 2.75) is 13.8 Å². The Morgan fingerprint density at radius 2 is 1.85 bits per heavy atom. The van der Waals surface area contributed by atoms with Gasteiger partial charge in [0.1, 0.15) is 0 Å². The maximum absolute atomic E-state index is 12.2. The molecular formula is C15H18N2O3. The second-order valence-electron chi connectivity index (χ2n) is 4.50. The van der Waals surface area contributed by atoms with Crippen molar-refractivity contribution < 1.29 is 14.8 Å². The quantitative estimate of drug-likeness (QED) is 0.191. The van der Waals surface area contributed by atoms with E-state index in [-0.39, 0.29) is 11.7 Å². The number of Topliss-reactive ketones (excluding diaryl/α,β-unsaturated/α-hetero) is 1. The predicted octanol–water partition coefficient (Wildman–Crippen LogP) is 2.10. The summed E-state index contributed by atoms with van der Waals surface area (Å²) in [4.78, 5) is 23.0. The summed E-state index contributed by atoms with van der Waals surface area (Å²) in [6.45, 7) is 3.55. The van der Waals surface area contributed by atoms with Crippen LogP contribution >= 0.6 is 0 Å². The van der Waals surface area contributed by atoms with E-state index in [1.807, 2.05) is 0 Å². The average Bonchev–Trinajstić information content (AvgIpc) is 2.44. The minimum atomic E-state index is -0.615. The maximum Gasteiger partial charge on any atom is 0.267 e. The van der Waals surface area contributed by atoms with Gasteiger partial charge >= 0.3 is 0 Å². The van der Waals surface area contributed by atoms with E-state index in [1.54, 1.807) is 44.2 Å². The van der Waals surface area contributed by atoms with Crippen LogP contribution in [0.4, 0.5) is 5.69 Å². The first-order valence-corrected chi connectivity index (χ1v) is 6.14. The van der Waals surface area contributed by atoms with Gasteiger partial charge in [-0.25, -0.2) is 5.48 Å². The van der Waals surface area contributed by atoms with Crippen molar-refractivity contribution in [1.82, 2.24) is 5.48 Å². The lowest BCUT2D eigenvalue weighted by atomic mass is 9.97. The molecular weight excluding hydrogens is 256 g/mol. The van der Waals surface area contributed by atoms with Gasteiger partial charge in [-0.2, -0.15) is 0 Å². The Balaban J connectivity index is 2.76.